The lowest BCUT2D eigenvalue weighted by atomic mass is 10.1. The summed E-state index contributed by atoms with van der Waals surface area (Å²) >= 11 is 0. The standard InChI is InChI=1S/C10H11NO/c12-11-7-8-5-9-3-1-2-4-10(9)6-8/h1-4,8H,5-7H2. The average Bonchev–Trinajstić information content (AvgIpc) is 2.47. The van der Waals surface area contributed by atoms with Crippen LogP contribution in [0.3, 0.4) is 0 Å². The van der Waals surface area contributed by atoms with E-state index in [9.17, 15) is 4.91 Å². The van der Waals surface area contributed by atoms with Crippen LogP contribution in [0.1, 0.15) is 11.1 Å². The summed E-state index contributed by atoms with van der Waals surface area (Å²) in [5.41, 5.74) is 2.79. The first-order valence-corrected chi connectivity index (χ1v) is 4.26. The molecule has 0 aromatic heterocycles. The molecule has 0 atom stereocenters. The van der Waals surface area contributed by atoms with Gasteiger partial charge in [-0.15, -0.1) is 0 Å². The van der Waals surface area contributed by atoms with Crippen LogP contribution in [0.15, 0.2) is 29.4 Å². The van der Waals surface area contributed by atoms with Crippen molar-refractivity contribution < 1.29 is 0 Å². The lowest BCUT2D eigenvalue weighted by Gasteiger charge is -1.99. The van der Waals surface area contributed by atoms with Crippen molar-refractivity contribution in [2.75, 3.05) is 6.54 Å². The Morgan fingerprint density at radius 1 is 1.25 bits per heavy atom. The first-order valence-electron chi connectivity index (χ1n) is 4.26. The highest BCUT2D eigenvalue weighted by Gasteiger charge is 2.20. The molecule has 1 aromatic rings. The summed E-state index contributed by atoms with van der Waals surface area (Å²) in [6.45, 7) is 0.467. The highest BCUT2D eigenvalue weighted by atomic mass is 16.3. The zero-order valence-corrected chi connectivity index (χ0v) is 6.86. The van der Waals surface area contributed by atoms with Gasteiger partial charge in [-0.2, -0.15) is 4.91 Å². The van der Waals surface area contributed by atoms with Gasteiger partial charge in [0.05, 0.1) is 6.54 Å². The van der Waals surface area contributed by atoms with Crippen LogP contribution < -0.4 is 0 Å². The molecule has 0 saturated heterocycles. The molecule has 0 heterocycles. The summed E-state index contributed by atoms with van der Waals surface area (Å²) in [4.78, 5) is 10.1. The van der Waals surface area contributed by atoms with Gasteiger partial charge < -0.3 is 0 Å². The number of hydrogen-bond donors (Lipinski definition) is 0. The number of hydrogen-bond acceptors (Lipinski definition) is 2. The van der Waals surface area contributed by atoms with E-state index in [1.54, 1.807) is 0 Å². The maximum absolute atomic E-state index is 10.1. The summed E-state index contributed by atoms with van der Waals surface area (Å²) in [5.74, 6) is 0.458. The van der Waals surface area contributed by atoms with Gasteiger partial charge in [0.1, 0.15) is 0 Å². The summed E-state index contributed by atoms with van der Waals surface area (Å²) in [5, 5.41) is 2.95. The third-order valence-electron chi connectivity index (χ3n) is 2.47. The molecule has 0 amide bonds. The number of fused-ring (bicyclic) bond motifs is 1. The van der Waals surface area contributed by atoms with Gasteiger partial charge in [0.2, 0.25) is 0 Å². The number of nitrogens with zero attached hydrogens (tertiary/aromatic N) is 1. The Balaban J connectivity index is 2.16. The number of rotatable bonds is 2. The predicted octanol–water partition coefficient (Wildman–Crippen LogP) is 2.17. The molecule has 1 aliphatic carbocycles. The Bertz CT molecular complexity index is 271. The lowest BCUT2D eigenvalue weighted by molar-refractivity contribution is 0.574. The van der Waals surface area contributed by atoms with Crippen molar-refractivity contribution >= 4 is 0 Å². The van der Waals surface area contributed by atoms with Gasteiger partial charge in [0, 0.05) is 0 Å². The van der Waals surface area contributed by atoms with Crippen molar-refractivity contribution in [3.63, 3.8) is 0 Å². The molecule has 1 aliphatic rings. The largest absolute Gasteiger partial charge is 0.151 e. The van der Waals surface area contributed by atoms with Crippen molar-refractivity contribution in [1.29, 1.82) is 0 Å². The van der Waals surface area contributed by atoms with Crippen molar-refractivity contribution in [3.8, 4) is 0 Å². The molecule has 0 fully saturated rings. The van der Waals surface area contributed by atoms with Gasteiger partial charge >= 0.3 is 0 Å². The molecule has 0 aliphatic heterocycles. The second-order valence-corrected chi connectivity index (χ2v) is 3.35. The van der Waals surface area contributed by atoms with Crippen molar-refractivity contribution in [3.05, 3.63) is 40.3 Å². The molecule has 12 heavy (non-hydrogen) atoms. The Morgan fingerprint density at radius 2 is 1.83 bits per heavy atom. The summed E-state index contributed by atoms with van der Waals surface area (Å²) < 4.78 is 0. The molecule has 0 bridgehead atoms. The molecule has 2 heteroatoms. The molecular weight excluding hydrogens is 150 g/mol. The monoisotopic (exact) mass is 161 g/mol. The minimum atomic E-state index is 0.458. The maximum Gasteiger partial charge on any atom is 0.0845 e. The van der Waals surface area contributed by atoms with Gasteiger partial charge in [0.25, 0.3) is 0 Å². The molecule has 0 unspecified atom stereocenters. The van der Waals surface area contributed by atoms with Crippen LogP contribution in [0.2, 0.25) is 0 Å². The van der Waals surface area contributed by atoms with Crippen LogP contribution in [-0.4, -0.2) is 6.54 Å². The predicted molar refractivity (Wildman–Crippen MR) is 48.0 cm³/mol. The molecule has 2 rings (SSSR count). The molecule has 62 valence electrons. The second kappa shape index (κ2) is 3.05. The number of nitroso groups, excluding NO2 is 1. The summed E-state index contributed by atoms with van der Waals surface area (Å²) in [7, 11) is 0. The van der Waals surface area contributed by atoms with E-state index in [2.05, 4.69) is 29.4 Å². The second-order valence-electron chi connectivity index (χ2n) is 3.35. The average molecular weight is 161 g/mol. The summed E-state index contributed by atoms with van der Waals surface area (Å²) in [6, 6.07) is 8.38. The van der Waals surface area contributed by atoms with Crippen LogP contribution in [0, 0.1) is 10.8 Å². The smallest absolute Gasteiger partial charge is 0.0845 e. The Labute approximate surface area is 71.6 Å². The Morgan fingerprint density at radius 3 is 2.33 bits per heavy atom. The zero-order valence-electron chi connectivity index (χ0n) is 6.86. The molecule has 2 nitrogen and oxygen atoms in total. The Hall–Kier alpha value is -1.18. The molecule has 1 aromatic carbocycles. The SMILES string of the molecule is O=NCC1Cc2ccccc2C1. The molecule has 0 spiro atoms. The lowest BCUT2D eigenvalue weighted by Crippen LogP contribution is -2.02. The van der Waals surface area contributed by atoms with E-state index in [4.69, 9.17) is 0 Å². The van der Waals surface area contributed by atoms with Crippen LogP contribution >= 0.6 is 0 Å². The van der Waals surface area contributed by atoms with E-state index in [1.165, 1.54) is 11.1 Å². The maximum atomic E-state index is 10.1. The fourth-order valence-electron chi connectivity index (χ4n) is 1.88. The topological polar surface area (TPSA) is 29.4 Å². The first kappa shape index (κ1) is 7.47. The van der Waals surface area contributed by atoms with Crippen LogP contribution in [0.25, 0.3) is 0 Å². The van der Waals surface area contributed by atoms with E-state index < -0.39 is 0 Å². The quantitative estimate of drug-likeness (QED) is 0.611. The fourth-order valence-corrected chi connectivity index (χ4v) is 1.88. The van der Waals surface area contributed by atoms with E-state index >= 15 is 0 Å². The molecule has 0 N–H and O–H groups in total. The van der Waals surface area contributed by atoms with Crippen molar-refractivity contribution in [2.45, 2.75) is 12.8 Å². The number of benzene rings is 1. The van der Waals surface area contributed by atoms with Crippen molar-refractivity contribution in [1.82, 2.24) is 0 Å². The van der Waals surface area contributed by atoms with E-state index in [0.717, 1.165) is 12.8 Å². The molecule has 0 radical (unpaired) electrons. The molecule has 0 saturated carbocycles. The van der Waals surface area contributed by atoms with Gasteiger partial charge in [-0.05, 0) is 29.9 Å². The van der Waals surface area contributed by atoms with E-state index in [0.29, 0.717) is 12.5 Å². The van der Waals surface area contributed by atoms with Gasteiger partial charge in [0.15, 0.2) is 0 Å². The van der Waals surface area contributed by atoms with Gasteiger partial charge in [-0.1, -0.05) is 29.4 Å². The van der Waals surface area contributed by atoms with Crippen LogP contribution in [0.5, 0.6) is 0 Å². The highest BCUT2D eigenvalue weighted by Crippen LogP contribution is 2.26. The highest BCUT2D eigenvalue weighted by molar-refractivity contribution is 5.32. The third kappa shape index (κ3) is 1.24. The fraction of sp³-hybridized carbons (Fsp3) is 0.400. The minimum Gasteiger partial charge on any atom is -0.151 e. The summed E-state index contributed by atoms with van der Waals surface area (Å²) in [6.07, 6.45) is 2.06. The normalized spacial score (nSPS) is 16.0. The van der Waals surface area contributed by atoms with Crippen LogP contribution in [-0.2, 0) is 12.8 Å². The first-order chi connectivity index (χ1) is 5.90. The van der Waals surface area contributed by atoms with Crippen LogP contribution in [0.4, 0.5) is 0 Å². The molecular formula is C10H11NO. The van der Waals surface area contributed by atoms with Gasteiger partial charge in [-0.3, -0.25) is 0 Å². The third-order valence-corrected chi connectivity index (χ3v) is 2.47. The van der Waals surface area contributed by atoms with E-state index in [1.807, 2.05) is 0 Å². The zero-order chi connectivity index (χ0) is 8.39. The minimum absolute atomic E-state index is 0.458. The van der Waals surface area contributed by atoms with Gasteiger partial charge in [-0.25, -0.2) is 0 Å². The Kier molecular flexibility index (Phi) is 1.90. The van der Waals surface area contributed by atoms with Crippen molar-refractivity contribution in [2.24, 2.45) is 11.1 Å². The van der Waals surface area contributed by atoms with E-state index in [-0.39, 0.29) is 0 Å².